The minimum absolute atomic E-state index is 0.181. The molecule has 3 aromatic carbocycles. The highest BCUT2D eigenvalue weighted by Gasteiger charge is 2.34. The molecule has 0 spiro atoms. The molecule has 224 valence electrons. The first-order chi connectivity index (χ1) is 20.6. The van der Waals surface area contributed by atoms with Crippen LogP contribution in [0.25, 0.3) is 5.69 Å². The van der Waals surface area contributed by atoms with E-state index in [0.29, 0.717) is 11.5 Å². The van der Waals surface area contributed by atoms with Crippen LogP contribution in [-0.2, 0) is 10.2 Å². The molecule has 5 rings (SSSR count). The van der Waals surface area contributed by atoms with Crippen molar-refractivity contribution in [2.75, 3.05) is 23.7 Å². The first-order valence-electron chi connectivity index (χ1n) is 15.2. The summed E-state index contributed by atoms with van der Waals surface area (Å²) in [6.45, 7) is 12.2. The third kappa shape index (κ3) is 7.23. The standard InChI is InChI=1S/C36H43N5O2/c1-24-11-17-30(18-12-24)41-32(23-31(40-41)36(3,4)5)39-35(43)38-29-15-13-27(14-16-29)33(28-19-21-37-22-20-28)34(42)25(2)26-9-7-6-8-10-26/h6-18,23,25,28,33,37H,19-22H2,1-5H3,(H2,38,39,43). The van der Waals surface area contributed by atoms with Gasteiger partial charge in [0.2, 0.25) is 0 Å². The fourth-order valence-electron chi connectivity index (χ4n) is 5.79. The highest BCUT2D eigenvalue weighted by atomic mass is 16.2. The topological polar surface area (TPSA) is 88.1 Å². The van der Waals surface area contributed by atoms with Gasteiger partial charge in [0.15, 0.2) is 0 Å². The van der Waals surface area contributed by atoms with Gasteiger partial charge in [0.25, 0.3) is 0 Å². The molecule has 0 radical (unpaired) electrons. The summed E-state index contributed by atoms with van der Waals surface area (Å²) in [5.74, 6) is 0.729. The third-order valence-electron chi connectivity index (χ3n) is 8.41. The molecule has 0 aliphatic carbocycles. The quantitative estimate of drug-likeness (QED) is 0.201. The molecule has 1 aromatic heterocycles. The first kappa shape index (κ1) is 30.2. The Morgan fingerprint density at radius 1 is 0.884 bits per heavy atom. The van der Waals surface area contributed by atoms with Crippen LogP contribution in [0, 0.1) is 12.8 Å². The van der Waals surface area contributed by atoms with E-state index in [2.05, 4.69) is 36.7 Å². The molecule has 3 N–H and O–H groups in total. The maximum Gasteiger partial charge on any atom is 0.324 e. The van der Waals surface area contributed by atoms with Crippen LogP contribution in [0.15, 0.2) is 84.9 Å². The third-order valence-corrected chi connectivity index (χ3v) is 8.41. The summed E-state index contributed by atoms with van der Waals surface area (Å²) in [6.07, 6.45) is 1.93. The van der Waals surface area contributed by atoms with E-state index in [1.165, 1.54) is 0 Å². The second-order valence-electron chi connectivity index (χ2n) is 12.7. The molecule has 0 bridgehead atoms. The second-order valence-corrected chi connectivity index (χ2v) is 12.7. The monoisotopic (exact) mass is 577 g/mol. The number of amides is 2. The second kappa shape index (κ2) is 13.0. The van der Waals surface area contributed by atoms with Crippen molar-refractivity contribution in [3.05, 3.63) is 107 Å². The zero-order chi connectivity index (χ0) is 30.6. The van der Waals surface area contributed by atoms with E-state index in [4.69, 9.17) is 5.10 Å². The zero-order valence-electron chi connectivity index (χ0n) is 25.9. The van der Waals surface area contributed by atoms with Gasteiger partial charge in [-0.15, -0.1) is 0 Å². The molecule has 1 aliphatic rings. The van der Waals surface area contributed by atoms with Crippen LogP contribution in [0.4, 0.5) is 16.3 Å². The van der Waals surface area contributed by atoms with Crippen LogP contribution >= 0.6 is 0 Å². The molecule has 7 nitrogen and oxygen atoms in total. The van der Waals surface area contributed by atoms with Gasteiger partial charge in [0, 0.05) is 29.0 Å². The minimum Gasteiger partial charge on any atom is -0.317 e. The van der Waals surface area contributed by atoms with Crippen LogP contribution in [0.3, 0.4) is 0 Å². The van der Waals surface area contributed by atoms with E-state index in [0.717, 1.165) is 54.0 Å². The summed E-state index contributed by atoms with van der Waals surface area (Å²) in [7, 11) is 0. The van der Waals surface area contributed by atoms with Crippen molar-refractivity contribution in [2.24, 2.45) is 5.92 Å². The molecule has 2 heterocycles. The Hall–Kier alpha value is -4.23. The number of hydrogen-bond donors (Lipinski definition) is 3. The lowest BCUT2D eigenvalue weighted by Gasteiger charge is -2.32. The Morgan fingerprint density at radius 2 is 1.53 bits per heavy atom. The van der Waals surface area contributed by atoms with Crippen LogP contribution in [0.1, 0.15) is 74.8 Å². The average Bonchev–Trinajstić information content (AvgIpc) is 3.43. The summed E-state index contributed by atoms with van der Waals surface area (Å²) >= 11 is 0. The molecule has 1 saturated heterocycles. The van der Waals surface area contributed by atoms with Gasteiger partial charge in [-0.1, -0.05) is 87.9 Å². The van der Waals surface area contributed by atoms with E-state index < -0.39 is 0 Å². The predicted octanol–water partition coefficient (Wildman–Crippen LogP) is 7.58. The summed E-state index contributed by atoms with van der Waals surface area (Å²) in [5.41, 5.74) is 5.43. The maximum atomic E-state index is 13.9. The van der Waals surface area contributed by atoms with Crippen molar-refractivity contribution >= 4 is 23.3 Å². The van der Waals surface area contributed by atoms with Gasteiger partial charge in [-0.3, -0.25) is 10.1 Å². The maximum absolute atomic E-state index is 13.9. The molecule has 43 heavy (non-hydrogen) atoms. The molecule has 0 saturated carbocycles. The summed E-state index contributed by atoms with van der Waals surface area (Å²) in [6, 6.07) is 27.4. The average molecular weight is 578 g/mol. The lowest BCUT2D eigenvalue weighted by atomic mass is 9.74. The Labute approximate surface area is 255 Å². The van der Waals surface area contributed by atoms with E-state index in [1.807, 2.05) is 98.8 Å². The Balaban J connectivity index is 1.34. The summed E-state index contributed by atoms with van der Waals surface area (Å²) in [4.78, 5) is 27.1. The molecular weight excluding hydrogens is 534 g/mol. The molecule has 1 fully saturated rings. The largest absolute Gasteiger partial charge is 0.324 e. The van der Waals surface area contributed by atoms with Gasteiger partial charge >= 0.3 is 6.03 Å². The first-order valence-corrected chi connectivity index (χ1v) is 15.2. The summed E-state index contributed by atoms with van der Waals surface area (Å²) < 4.78 is 1.77. The minimum atomic E-state index is -0.356. The van der Waals surface area contributed by atoms with Crippen molar-refractivity contribution in [1.82, 2.24) is 15.1 Å². The molecule has 1 aliphatic heterocycles. The number of piperidine rings is 1. The number of anilines is 2. The number of nitrogens with zero attached hydrogens (tertiary/aromatic N) is 2. The number of benzene rings is 3. The van der Waals surface area contributed by atoms with Crippen LogP contribution in [0.5, 0.6) is 0 Å². The van der Waals surface area contributed by atoms with Gasteiger partial charge in [0.05, 0.1) is 11.4 Å². The molecular formula is C36H43N5O2. The van der Waals surface area contributed by atoms with Crippen LogP contribution < -0.4 is 16.0 Å². The molecule has 7 heteroatoms. The van der Waals surface area contributed by atoms with Crippen LogP contribution in [0.2, 0.25) is 0 Å². The smallest absolute Gasteiger partial charge is 0.317 e. The van der Waals surface area contributed by atoms with E-state index in [9.17, 15) is 9.59 Å². The van der Waals surface area contributed by atoms with Crippen molar-refractivity contribution in [2.45, 2.75) is 64.7 Å². The predicted molar refractivity (Wildman–Crippen MR) is 174 cm³/mol. The number of rotatable bonds is 8. The number of urea groups is 1. The van der Waals surface area contributed by atoms with Gasteiger partial charge in [0.1, 0.15) is 11.6 Å². The SMILES string of the molecule is Cc1ccc(-n2nc(C(C)(C)C)cc2NC(=O)Nc2ccc(C(C(=O)C(C)c3ccccc3)C3CCNCC3)cc2)cc1. The van der Waals surface area contributed by atoms with Gasteiger partial charge in [-0.2, -0.15) is 5.10 Å². The molecule has 4 aromatic rings. The number of aryl methyl sites for hydroxylation is 1. The lowest BCUT2D eigenvalue weighted by Crippen LogP contribution is -2.35. The normalized spacial score (nSPS) is 15.5. The van der Waals surface area contributed by atoms with Gasteiger partial charge in [-0.05, 0) is 74.2 Å². The number of carbonyl (C=O) groups is 2. The number of hydrogen-bond acceptors (Lipinski definition) is 4. The fraction of sp³-hybridized carbons (Fsp3) is 0.361. The summed E-state index contributed by atoms with van der Waals surface area (Å²) in [5, 5.41) is 14.2. The number of ketones is 1. The van der Waals surface area contributed by atoms with Gasteiger partial charge in [-0.25, -0.2) is 9.48 Å². The van der Waals surface area contributed by atoms with Crippen molar-refractivity contribution in [1.29, 1.82) is 0 Å². The van der Waals surface area contributed by atoms with Crippen molar-refractivity contribution in [3.63, 3.8) is 0 Å². The Bertz CT molecular complexity index is 1530. The fourth-order valence-corrected chi connectivity index (χ4v) is 5.79. The number of Topliss-reactive ketones (excluding diaryl/α,β-unsaturated/α-hetero) is 1. The Kier molecular flexibility index (Phi) is 9.11. The number of carbonyl (C=O) groups excluding carboxylic acids is 2. The molecule has 2 atom stereocenters. The molecule has 2 amide bonds. The van der Waals surface area contributed by atoms with Crippen LogP contribution in [-0.4, -0.2) is 34.7 Å². The highest BCUT2D eigenvalue weighted by molar-refractivity contribution is 5.99. The van der Waals surface area contributed by atoms with Gasteiger partial charge < -0.3 is 10.6 Å². The molecule has 2 unspecified atom stereocenters. The zero-order valence-corrected chi connectivity index (χ0v) is 25.9. The highest BCUT2D eigenvalue weighted by Crippen LogP contribution is 2.37. The van der Waals surface area contributed by atoms with E-state index in [-0.39, 0.29) is 35.0 Å². The number of nitrogens with one attached hydrogen (secondary N) is 3. The van der Waals surface area contributed by atoms with E-state index >= 15 is 0 Å². The van der Waals surface area contributed by atoms with E-state index in [1.54, 1.807) is 4.68 Å². The van der Waals surface area contributed by atoms with Crippen molar-refractivity contribution in [3.8, 4) is 5.69 Å². The lowest BCUT2D eigenvalue weighted by molar-refractivity contribution is -0.123. The Morgan fingerprint density at radius 3 is 2.16 bits per heavy atom. The van der Waals surface area contributed by atoms with Crippen molar-refractivity contribution < 1.29 is 9.59 Å². The number of aromatic nitrogens is 2.